The van der Waals surface area contributed by atoms with Crippen molar-refractivity contribution in [1.82, 2.24) is 4.98 Å². The van der Waals surface area contributed by atoms with Crippen LogP contribution in [0.15, 0.2) is 12.3 Å². The van der Waals surface area contributed by atoms with E-state index in [4.69, 9.17) is 9.47 Å². The highest BCUT2D eigenvalue weighted by Gasteiger charge is 2.28. The number of carbonyl (C=O) groups is 3. The lowest BCUT2D eigenvalue weighted by molar-refractivity contribution is -0.150. The quantitative estimate of drug-likeness (QED) is 0.644. The molecule has 1 fully saturated rings. The molecule has 1 aromatic rings. The molecule has 0 aliphatic heterocycles. The van der Waals surface area contributed by atoms with Crippen LogP contribution in [0.3, 0.4) is 0 Å². The van der Waals surface area contributed by atoms with Gasteiger partial charge in [0.15, 0.2) is 5.82 Å². The summed E-state index contributed by atoms with van der Waals surface area (Å²) in [5.74, 6) is -3.32. The highest BCUT2D eigenvalue weighted by molar-refractivity contribution is 6.37. The van der Waals surface area contributed by atoms with Crippen molar-refractivity contribution in [3.63, 3.8) is 0 Å². The minimum absolute atomic E-state index is 0.0649. The first kappa shape index (κ1) is 18.6. The number of ether oxygens (including phenoxy) is 3. The van der Waals surface area contributed by atoms with E-state index in [1.807, 2.05) is 0 Å². The number of carbonyl (C=O) groups excluding carboxylic acids is 3. The van der Waals surface area contributed by atoms with Gasteiger partial charge in [-0.15, -0.1) is 0 Å². The molecular weight excluding hydrogens is 335 g/mol. The monoisotopic (exact) mass is 354 g/mol. The predicted molar refractivity (Wildman–Crippen MR) is 83.2 cm³/mol. The largest absolute Gasteiger partial charge is 0.474 e. The van der Waals surface area contributed by atoms with E-state index in [-0.39, 0.29) is 29.6 Å². The molecule has 1 heterocycles. The van der Waals surface area contributed by atoms with Gasteiger partial charge in [0.2, 0.25) is 5.88 Å². The summed E-state index contributed by atoms with van der Waals surface area (Å²) in [6, 6.07) is 1.03. The van der Waals surface area contributed by atoms with E-state index < -0.39 is 17.7 Å². The molecule has 0 aromatic carbocycles. The van der Waals surface area contributed by atoms with Gasteiger partial charge in [-0.05, 0) is 25.7 Å². The molecule has 0 unspecified atom stereocenters. The van der Waals surface area contributed by atoms with Gasteiger partial charge in [0.05, 0.1) is 32.0 Å². The average molecular weight is 354 g/mol. The smallest absolute Gasteiger partial charge is 0.396 e. The van der Waals surface area contributed by atoms with Gasteiger partial charge in [-0.3, -0.25) is 9.59 Å². The summed E-state index contributed by atoms with van der Waals surface area (Å²) in [6.07, 6.45) is 3.41. The predicted octanol–water partition coefficient (Wildman–Crippen LogP) is 1.44. The van der Waals surface area contributed by atoms with Crippen molar-refractivity contribution in [2.75, 3.05) is 19.5 Å². The van der Waals surface area contributed by atoms with Crippen LogP contribution in [-0.2, 0) is 23.9 Å². The molecule has 0 saturated heterocycles. The van der Waals surface area contributed by atoms with Crippen LogP contribution in [0.4, 0.5) is 10.1 Å². The second kappa shape index (κ2) is 8.41. The van der Waals surface area contributed by atoms with E-state index in [1.54, 1.807) is 0 Å². The number of rotatable bonds is 4. The summed E-state index contributed by atoms with van der Waals surface area (Å²) in [5, 5.41) is 2.06. The Labute approximate surface area is 143 Å². The number of pyridine rings is 1. The van der Waals surface area contributed by atoms with Crippen molar-refractivity contribution in [2.24, 2.45) is 5.92 Å². The zero-order valence-corrected chi connectivity index (χ0v) is 13.9. The molecule has 1 N–H and O–H groups in total. The molecule has 1 aromatic heterocycles. The number of anilines is 1. The van der Waals surface area contributed by atoms with Crippen molar-refractivity contribution in [2.45, 2.75) is 31.8 Å². The van der Waals surface area contributed by atoms with Crippen LogP contribution in [0.2, 0.25) is 0 Å². The normalized spacial score (nSPS) is 19.6. The van der Waals surface area contributed by atoms with Crippen molar-refractivity contribution in [3.05, 3.63) is 18.1 Å². The van der Waals surface area contributed by atoms with Crippen LogP contribution >= 0.6 is 0 Å². The number of halogens is 1. The third-order valence-electron chi connectivity index (χ3n) is 3.94. The van der Waals surface area contributed by atoms with Crippen molar-refractivity contribution in [1.29, 1.82) is 0 Å². The average Bonchev–Trinajstić information content (AvgIpc) is 2.63. The molecule has 25 heavy (non-hydrogen) atoms. The molecule has 0 spiro atoms. The van der Waals surface area contributed by atoms with Crippen molar-refractivity contribution < 1.29 is 33.0 Å². The topological polar surface area (TPSA) is 104 Å². The summed E-state index contributed by atoms with van der Waals surface area (Å²) in [5.41, 5.74) is -0.253. The van der Waals surface area contributed by atoms with Gasteiger partial charge in [-0.2, -0.15) is 0 Å². The van der Waals surface area contributed by atoms with Crippen molar-refractivity contribution in [3.8, 4) is 5.88 Å². The van der Waals surface area contributed by atoms with E-state index in [9.17, 15) is 18.8 Å². The first-order chi connectivity index (χ1) is 11.9. The standard InChI is InChI=1S/C16H19FN2O6/c1-23-15(21)9-3-5-10(6-4-9)25-13-7-11(17)12(8-18-13)19-14(20)16(22)24-2/h7-10H,3-6H2,1-2H3,(H,19,20). The van der Waals surface area contributed by atoms with E-state index in [2.05, 4.69) is 15.0 Å². The van der Waals surface area contributed by atoms with Gasteiger partial charge < -0.3 is 19.5 Å². The zero-order valence-electron chi connectivity index (χ0n) is 13.9. The maximum Gasteiger partial charge on any atom is 0.396 e. The minimum atomic E-state index is -1.14. The molecule has 1 aliphatic rings. The fraction of sp³-hybridized carbons (Fsp3) is 0.500. The fourth-order valence-electron chi connectivity index (χ4n) is 2.59. The van der Waals surface area contributed by atoms with Crippen LogP contribution < -0.4 is 10.1 Å². The minimum Gasteiger partial charge on any atom is -0.474 e. The number of nitrogens with one attached hydrogen (secondary N) is 1. The van der Waals surface area contributed by atoms with Gasteiger partial charge in [0.1, 0.15) is 6.10 Å². The van der Waals surface area contributed by atoms with Crippen LogP contribution in [0.5, 0.6) is 5.88 Å². The Morgan fingerprint density at radius 1 is 1.16 bits per heavy atom. The molecule has 0 atom stereocenters. The fourth-order valence-corrected chi connectivity index (χ4v) is 2.59. The number of hydrogen-bond donors (Lipinski definition) is 1. The molecule has 1 saturated carbocycles. The molecule has 1 aliphatic carbocycles. The van der Waals surface area contributed by atoms with Gasteiger partial charge in [0, 0.05) is 6.07 Å². The molecule has 9 heteroatoms. The third kappa shape index (κ3) is 4.88. The maximum atomic E-state index is 14.0. The highest BCUT2D eigenvalue weighted by Crippen LogP contribution is 2.28. The summed E-state index contributed by atoms with van der Waals surface area (Å²) in [7, 11) is 2.40. The summed E-state index contributed by atoms with van der Waals surface area (Å²) in [6.45, 7) is 0. The Morgan fingerprint density at radius 3 is 2.40 bits per heavy atom. The summed E-state index contributed by atoms with van der Waals surface area (Å²) in [4.78, 5) is 37.8. The van der Waals surface area contributed by atoms with Gasteiger partial charge in [-0.1, -0.05) is 0 Å². The number of esters is 2. The Balaban J connectivity index is 1.92. The first-order valence-electron chi connectivity index (χ1n) is 7.74. The van der Waals surface area contributed by atoms with E-state index in [1.165, 1.54) is 7.11 Å². The Morgan fingerprint density at radius 2 is 1.84 bits per heavy atom. The summed E-state index contributed by atoms with van der Waals surface area (Å²) >= 11 is 0. The Hall–Kier alpha value is -2.71. The highest BCUT2D eigenvalue weighted by atomic mass is 19.1. The molecule has 0 radical (unpaired) electrons. The molecule has 0 bridgehead atoms. The second-order valence-electron chi connectivity index (χ2n) is 5.56. The number of methoxy groups -OCH3 is 2. The number of nitrogens with zero attached hydrogens (tertiary/aromatic N) is 1. The van der Waals surface area contributed by atoms with Crippen molar-refractivity contribution >= 4 is 23.5 Å². The van der Waals surface area contributed by atoms with Gasteiger partial charge >= 0.3 is 17.8 Å². The van der Waals surface area contributed by atoms with Gasteiger partial charge in [0.25, 0.3) is 0 Å². The third-order valence-corrected chi connectivity index (χ3v) is 3.94. The lowest BCUT2D eigenvalue weighted by Crippen LogP contribution is -2.29. The van der Waals surface area contributed by atoms with Crippen LogP contribution in [0.1, 0.15) is 25.7 Å². The molecular formula is C16H19FN2O6. The number of hydrogen-bond acceptors (Lipinski definition) is 7. The molecule has 8 nitrogen and oxygen atoms in total. The molecule has 1 amide bonds. The van der Waals surface area contributed by atoms with E-state index >= 15 is 0 Å². The lowest BCUT2D eigenvalue weighted by Gasteiger charge is -2.27. The number of amides is 1. The van der Waals surface area contributed by atoms with Crippen LogP contribution in [0.25, 0.3) is 0 Å². The van der Waals surface area contributed by atoms with Gasteiger partial charge in [-0.25, -0.2) is 14.2 Å². The van der Waals surface area contributed by atoms with E-state index in [0.29, 0.717) is 25.7 Å². The Kier molecular flexibility index (Phi) is 6.26. The lowest BCUT2D eigenvalue weighted by atomic mass is 9.87. The summed E-state index contributed by atoms with van der Waals surface area (Å²) < 4.78 is 28.6. The zero-order chi connectivity index (χ0) is 18.4. The molecule has 136 valence electrons. The van der Waals surface area contributed by atoms with E-state index in [0.717, 1.165) is 19.4 Å². The SMILES string of the molecule is COC(=O)C(=O)Nc1cnc(OC2CCC(C(=O)OC)CC2)cc1F. The Bertz CT molecular complexity index is 658. The molecule has 2 rings (SSSR count). The second-order valence-corrected chi connectivity index (χ2v) is 5.56. The first-order valence-corrected chi connectivity index (χ1v) is 7.74. The van der Waals surface area contributed by atoms with Crippen LogP contribution in [0, 0.1) is 11.7 Å². The maximum absolute atomic E-state index is 14.0. The number of aromatic nitrogens is 1. The van der Waals surface area contributed by atoms with Crippen LogP contribution in [-0.4, -0.2) is 43.2 Å².